The molecule has 0 aliphatic carbocycles. The first-order valence-corrected chi connectivity index (χ1v) is 12.5. The molecular weight excluding hydrogens is 492 g/mol. The van der Waals surface area contributed by atoms with Crippen molar-refractivity contribution in [2.75, 3.05) is 27.9 Å². The van der Waals surface area contributed by atoms with Crippen LogP contribution in [0.4, 0.5) is 0 Å². The Morgan fingerprint density at radius 3 is 2.14 bits per heavy atom. The van der Waals surface area contributed by atoms with Gasteiger partial charge in [-0.2, -0.15) is 4.31 Å². The van der Waals surface area contributed by atoms with E-state index in [1.807, 2.05) is 18.2 Å². The molecule has 0 saturated heterocycles. The van der Waals surface area contributed by atoms with Crippen molar-refractivity contribution >= 4 is 27.5 Å². The molecule has 1 amide bonds. The van der Waals surface area contributed by atoms with E-state index in [4.69, 9.17) is 25.8 Å². The van der Waals surface area contributed by atoms with E-state index < -0.39 is 15.9 Å². The lowest BCUT2D eigenvalue weighted by Crippen LogP contribution is -2.40. The predicted octanol–water partition coefficient (Wildman–Crippen LogP) is 3.87. The van der Waals surface area contributed by atoms with E-state index in [1.165, 1.54) is 39.5 Å². The van der Waals surface area contributed by atoms with E-state index in [0.29, 0.717) is 17.2 Å². The van der Waals surface area contributed by atoms with E-state index in [1.54, 1.807) is 30.3 Å². The Morgan fingerprint density at radius 1 is 0.857 bits per heavy atom. The Morgan fingerprint density at radius 2 is 1.51 bits per heavy atom. The van der Waals surface area contributed by atoms with Gasteiger partial charge in [0, 0.05) is 13.1 Å². The number of amides is 1. The molecule has 10 heteroatoms. The number of hydrogen-bond donors (Lipinski definition) is 1. The van der Waals surface area contributed by atoms with Crippen molar-refractivity contribution in [3.8, 4) is 17.2 Å². The summed E-state index contributed by atoms with van der Waals surface area (Å²) in [6.07, 6.45) is 0. The summed E-state index contributed by atoms with van der Waals surface area (Å²) >= 11 is 6.16. The van der Waals surface area contributed by atoms with Crippen LogP contribution in [0.25, 0.3) is 0 Å². The largest absolute Gasteiger partial charge is 0.495 e. The highest BCUT2D eigenvalue weighted by atomic mass is 35.5. The van der Waals surface area contributed by atoms with Crippen molar-refractivity contribution in [1.82, 2.24) is 9.62 Å². The van der Waals surface area contributed by atoms with Crippen molar-refractivity contribution in [2.45, 2.75) is 18.0 Å². The Balaban J connectivity index is 1.80. The van der Waals surface area contributed by atoms with Gasteiger partial charge in [-0.05, 0) is 41.5 Å². The Hall–Kier alpha value is -3.27. The molecule has 0 unspecified atom stereocenters. The number of rotatable bonds is 11. The summed E-state index contributed by atoms with van der Waals surface area (Å²) in [7, 11) is 0.460. The van der Waals surface area contributed by atoms with Gasteiger partial charge < -0.3 is 19.5 Å². The van der Waals surface area contributed by atoms with Crippen molar-refractivity contribution in [1.29, 1.82) is 0 Å². The molecule has 186 valence electrons. The number of benzene rings is 3. The van der Waals surface area contributed by atoms with Crippen LogP contribution in [0.1, 0.15) is 11.1 Å². The van der Waals surface area contributed by atoms with E-state index in [-0.39, 0.29) is 29.6 Å². The Kier molecular flexibility index (Phi) is 8.97. The number of halogens is 1. The van der Waals surface area contributed by atoms with Crippen molar-refractivity contribution in [2.24, 2.45) is 0 Å². The lowest BCUT2D eigenvalue weighted by molar-refractivity contribution is -0.121. The number of methoxy groups -OCH3 is 3. The number of ether oxygens (including phenoxy) is 3. The summed E-state index contributed by atoms with van der Waals surface area (Å²) in [5.74, 6) is 0.997. The highest BCUT2D eigenvalue weighted by Crippen LogP contribution is 2.29. The second-order valence-corrected chi connectivity index (χ2v) is 9.87. The van der Waals surface area contributed by atoms with Crippen LogP contribution in [0.5, 0.6) is 17.2 Å². The van der Waals surface area contributed by atoms with Crippen molar-refractivity contribution < 1.29 is 27.4 Å². The molecule has 1 N–H and O–H groups in total. The Bertz CT molecular complexity index is 1270. The van der Waals surface area contributed by atoms with Crippen LogP contribution in [0.15, 0.2) is 71.6 Å². The smallest absolute Gasteiger partial charge is 0.243 e. The molecule has 0 atom stereocenters. The maximum Gasteiger partial charge on any atom is 0.243 e. The fourth-order valence-electron chi connectivity index (χ4n) is 3.38. The van der Waals surface area contributed by atoms with Gasteiger partial charge >= 0.3 is 0 Å². The maximum absolute atomic E-state index is 13.5. The third-order valence-electron chi connectivity index (χ3n) is 5.22. The van der Waals surface area contributed by atoms with Crippen LogP contribution >= 0.6 is 11.6 Å². The van der Waals surface area contributed by atoms with Crippen molar-refractivity contribution in [3.63, 3.8) is 0 Å². The van der Waals surface area contributed by atoms with Gasteiger partial charge in [-0.3, -0.25) is 4.79 Å². The second kappa shape index (κ2) is 11.9. The lowest BCUT2D eigenvalue weighted by atomic mass is 10.2. The zero-order chi connectivity index (χ0) is 25.4. The van der Waals surface area contributed by atoms with Crippen LogP contribution in [0.3, 0.4) is 0 Å². The SMILES string of the molecule is COc1ccc(S(=O)(=O)N(CC(=O)NCc2ccc(OC)c(OC)c2)Cc2ccccc2)cc1Cl. The van der Waals surface area contributed by atoms with Crippen LogP contribution in [-0.2, 0) is 27.9 Å². The van der Waals surface area contributed by atoms with E-state index in [0.717, 1.165) is 15.4 Å². The number of nitrogens with zero attached hydrogens (tertiary/aromatic N) is 1. The third kappa shape index (κ3) is 6.66. The standard InChI is InChI=1S/C25H27ClN2O6S/c1-32-22-12-10-20(14-21(22)26)35(30,31)28(16-18-7-5-4-6-8-18)17-25(29)27-15-19-9-11-23(33-2)24(13-19)34-3/h4-14H,15-17H2,1-3H3,(H,27,29). The lowest BCUT2D eigenvalue weighted by Gasteiger charge is -2.22. The Labute approximate surface area is 210 Å². The minimum atomic E-state index is -4.05. The highest BCUT2D eigenvalue weighted by molar-refractivity contribution is 7.89. The van der Waals surface area contributed by atoms with Gasteiger partial charge in [0.15, 0.2) is 11.5 Å². The molecule has 0 saturated carbocycles. The maximum atomic E-state index is 13.5. The fraction of sp³-hybridized carbons (Fsp3) is 0.240. The molecular formula is C25H27ClN2O6S. The monoisotopic (exact) mass is 518 g/mol. The van der Waals surface area contributed by atoms with E-state index >= 15 is 0 Å². The summed E-state index contributed by atoms with van der Waals surface area (Å²) in [6, 6.07) is 18.5. The average molecular weight is 519 g/mol. The van der Waals surface area contributed by atoms with Gasteiger partial charge in [0.2, 0.25) is 15.9 Å². The van der Waals surface area contributed by atoms with Crippen LogP contribution in [0.2, 0.25) is 5.02 Å². The summed E-state index contributed by atoms with van der Waals surface area (Å²) in [5.41, 5.74) is 1.51. The van der Waals surface area contributed by atoms with Crippen LogP contribution in [0, 0.1) is 0 Å². The van der Waals surface area contributed by atoms with Gasteiger partial charge in [-0.25, -0.2) is 8.42 Å². The molecule has 8 nitrogen and oxygen atoms in total. The molecule has 0 bridgehead atoms. The highest BCUT2D eigenvalue weighted by Gasteiger charge is 2.27. The second-order valence-electron chi connectivity index (χ2n) is 7.52. The zero-order valence-corrected chi connectivity index (χ0v) is 21.2. The predicted molar refractivity (Wildman–Crippen MR) is 133 cm³/mol. The number of carbonyl (C=O) groups excluding carboxylic acids is 1. The molecule has 3 aromatic rings. The van der Waals surface area contributed by atoms with Crippen molar-refractivity contribution in [3.05, 3.63) is 82.9 Å². The first-order chi connectivity index (χ1) is 16.8. The number of nitrogens with one attached hydrogen (secondary N) is 1. The molecule has 0 spiro atoms. The van der Waals surface area contributed by atoms with Gasteiger partial charge in [0.05, 0.1) is 37.8 Å². The normalized spacial score (nSPS) is 11.2. The summed E-state index contributed by atoms with van der Waals surface area (Å²) in [4.78, 5) is 12.8. The molecule has 0 fully saturated rings. The van der Waals surface area contributed by atoms with Crippen LogP contribution in [-0.4, -0.2) is 46.5 Å². The molecule has 3 aromatic carbocycles. The van der Waals surface area contributed by atoms with Gasteiger partial charge in [0.25, 0.3) is 0 Å². The average Bonchev–Trinajstić information content (AvgIpc) is 2.87. The molecule has 0 radical (unpaired) electrons. The molecule has 0 aliphatic heterocycles. The quantitative estimate of drug-likeness (QED) is 0.414. The van der Waals surface area contributed by atoms with Crippen LogP contribution < -0.4 is 19.5 Å². The molecule has 3 rings (SSSR count). The fourth-order valence-corrected chi connectivity index (χ4v) is 5.11. The molecule has 0 heterocycles. The first kappa shape index (κ1) is 26.3. The summed E-state index contributed by atoms with van der Waals surface area (Å²) in [5, 5.41) is 2.93. The van der Waals surface area contributed by atoms with Gasteiger partial charge in [0.1, 0.15) is 5.75 Å². The van der Waals surface area contributed by atoms with E-state index in [9.17, 15) is 13.2 Å². The first-order valence-electron chi connectivity index (χ1n) is 10.6. The van der Waals surface area contributed by atoms with E-state index in [2.05, 4.69) is 5.32 Å². The van der Waals surface area contributed by atoms with Gasteiger partial charge in [-0.15, -0.1) is 0 Å². The number of sulfonamides is 1. The molecule has 35 heavy (non-hydrogen) atoms. The number of hydrogen-bond acceptors (Lipinski definition) is 6. The minimum absolute atomic E-state index is 0.0105. The molecule has 0 aliphatic rings. The zero-order valence-electron chi connectivity index (χ0n) is 19.7. The topological polar surface area (TPSA) is 94.2 Å². The molecule has 0 aromatic heterocycles. The minimum Gasteiger partial charge on any atom is -0.495 e. The summed E-state index contributed by atoms with van der Waals surface area (Å²) < 4.78 is 43.7. The number of carbonyl (C=O) groups is 1. The van der Waals surface area contributed by atoms with Gasteiger partial charge in [-0.1, -0.05) is 48.0 Å². The summed E-state index contributed by atoms with van der Waals surface area (Å²) in [6.45, 7) is -0.183. The third-order valence-corrected chi connectivity index (χ3v) is 7.30.